The Kier molecular flexibility index (Phi) is 8.15. The number of nitrogens with one attached hydrogen (secondary N) is 1. The second-order valence-electron chi connectivity index (χ2n) is 23.1. The Morgan fingerprint density at radius 1 is 0.515 bits per heavy atom. The van der Waals surface area contributed by atoms with Crippen LogP contribution in [0.1, 0.15) is 103 Å². The highest BCUT2D eigenvalue weighted by Gasteiger charge is 2.43. The number of nitrogens with zero attached hydrogens (tertiary/aromatic N) is 1. The highest BCUT2D eigenvalue weighted by atomic mass is 32.1. The van der Waals surface area contributed by atoms with Gasteiger partial charge in [-0.3, -0.25) is 0 Å². The van der Waals surface area contributed by atoms with Gasteiger partial charge in [0.05, 0.1) is 5.52 Å². The molecule has 0 amide bonds. The summed E-state index contributed by atoms with van der Waals surface area (Å²) in [4.78, 5) is 0. The number of hydrogen-bond acceptors (Lipinski definition) is 3. The quantitative estimate of drug-likeness (QED) is 0.175. The summed E-state index contributed by atoms with van der Waals surface area (Å²) >= 11 is 3.81. The first-order valence-electron chi connectivity index (χ1n) is 24.5. The molecule has 1 N–H and O–H groups in total. The molecule has 11 aromatic rings. The fourth-order valence-electron chi connectivity index (χ4n) is 12.6. The van der Waals surface area contributed by atoms with E-state index in [9.17, 15) is 0 Å². The van der Waals surface area contributed by atoms with Gasteiger partial charge in [-0.1, -0.05) is 135 Å². The summed E-state index contributed by atoms with van der Waals surface area (Å²) in [5, 5.41) is 12.0. The average molecular weight is 914 g/mol. The molecule has 331 valence electrons. The highest BCUT2D eigenvalue weighted by molar-refractivity contribution is 7.26. The van der Waals surface area contributed by atoms with Gasteiger partial charge in [-0.2, -0.15) is 0 Å². The summed E-state index contributed by atoms with van der Waals surface area (Å²) in [6.45, 7) is 21.6. The molecule has 4 heterocycles. The Hall–Kier alpha value is -6.14. The maximum Gasteiger partial charge on any atom is 0.197 e. The zero-order chi connectivity index (χ0) is 46.4. The van der Waals surface area contributed by atoms with Gasteiger partial charge in [0.1, 0.15) is 0 Å². The molecule has 0 spiro atoms. The molecule has 0 saturated carbocycles. The lowest BCUT2D eigenvalue weighted by Gasteiger charge is -2.42. The van der Waals surface area contributed by atoms with Crippen LogP contribution in [0.15, 0.2) is 133 Å². The van der Waals surface area contributed by atoms with E-state index in [1.165, 1.54) is 142 Å². The Labute approximate surface area is 407 Å². The van der Waals surface area contributed by atoms with Crippen molar-refractivity contribution in [3.8, 4) is 27.9 Å². The van der Waals surface area contributed by atoms with Crippen molar-refractivity contribution in [2.45, 2.75) is 96.8 Å². The smallest absolute Gasteiger partial charge is 0.197 e. The molecule has 0 atom stereocenters. The summed E-state index contributed by atoms with van der Waals surface area (Å²) < 4.78 is 7.95. The van der Waals surface area contributed by atoms with E-state index in [0.29, 0.717) is 0 Å². The van der Waals surface area contributed by atoms with Gasteiger partial charge in [0.25, 0.3) is 0 Å². The van der Waals surface area contributed by atoms with Gasteiger partial charge >= 0.3 is 0 Å². The van der Waals surface area contributed by atoms with Gasteiger partial charge in [-0.25, -0.2) is 0 Å². The first-order chi connectivity index (χ1) is 32.5. The Morgan fingerprint density at radius 2 is 1.13 bits per heavy atom. The molecule has 14 rings (SSSR count). The second kappa shape index (κ2) is 13.6. The molecular weight excluding hydrogens is 860 g/mol. The topological polar surface area (TPSA) is 17.0 Å². The minimum atomic E-state index is -0.176. The molecule has 1 radical (unpaired) electrons. The van der Waals surface area contributed by atoms with Gasteiger partial charge < -0.3 is 9.88 Å². The molecule has 68 heavy (non-hydrogen) atoms. The van der Waals surface area contributed by atoms with Crippen LogP contribution in [0.4, 0.5) is 11.4 Å². The number of fused-ring (bicyclic) bond motifs is 15. The molecule has 5 heteroatoms. The molecule has 0 saturated heterocycles. The predicted molar refractivity (Wildman–Crippen MR) is 298 cm³/mol. The van der Waals surface area contributed by atoms with Gasteiger partial charge in [0, 0.05) is 84.7 Å². The number of hydrogen-bond donors (Lipinski definition) is 1. The highest BCUT2D eigenvalue weighted by Crippen LogP contribution is 2.56. The average Bonchev–Trinajstić information content (AvgIpc) is 4.02. The zero-order valence-electron chi connectivity index (χ0n) is 40.5. The fourth-order valence-corrected chi connectivity index (χ4v) is 14.9. The molecule has 1 aliphatic heterocycles. The third-order valence-corrected chi connectivity index (χ3v) is 18.9. The van der Waals surface area contributed by atoms with Gasteiger partial charge in [-0.15, -0.1) is 22.7 Å². The molecule has 2 nitrogen and oxygen atoms in total. The summed E-state index contributed by atoms with van der Waals surface area (Å²) in [5.41, 5.74) is 21.2. The van der Waals surface area contributed by atoms with Crippen LogP contribution in [0.5, 0.6) is 0 Å². The van der Waals surface area contributed by atoms with Gasteiger partial charge in [0.2, 0.25) is 0 Å². The van der Waals surface area contributed by atoms with E-state index in [2.05, 4.69) is 213 Å². The number of thiophene rings is 2. The van der Waals surface area contributed by atoms with E-state index >= 15 is 0 Å². The minimum Gasteiger partial charge on any atom is -0.355 e. The van der Waals surface area contributed by atoms with E-state index in [0.717, 1.165) is 11.4 Å². The number of rotatable bonds is 3. The van der Waals surface area contributed by atoms with E-state index in [1.807, 2.05) is 22.7 Å². The number of aromatic nitrogens is 1. The normalized spacial score (nSPS) is 16.4. The van der Waals surface area contributed by atoms with Crippen molar-refractivity contribution in [3.05, 3.63) is 161 Å². The predicted octanol–water partition coefficient (Wildman–Crippen LogP) is 16.9. The van der Waals surface area contributed by atoms with Crippen LogP contribution in [-0.4, -0.2) is 11.8 Å². The van der Waals surface area contributed by atoms with Crippen LogP contribution in [0, 0.1) is 0 Å². The van der Waals surface area contributed by atoms with Crippen molar-refractivity contribution in [1.29, 1.82) is 0 Å². The maximum absolute atomic E-state index is 4.06. The SMILES string of the molecule is CC(C)(C)c1ccc(Nc2cc3c(cc2-c2ccc4c5cc6sc7ccccc7c6cc5n5c4c2[B]c2cc4sc6ccccc6c4cc2-5)-c2cc4c(cc2C3(C)C)C(C)(C)CCC4(C)C)cc1. The van der Waals surface area contributed by atoms with Gasteiger partial charge in [0.15, 0.2) is 7.28 Å². The van der Waals surface area contributed by atoms with E-state index in [4.69, 9.17) is 0 Å². The summed E-state index contributed by atoms with van der Waals surface area (Å²) in [6.07, 6.45) is 2.40. The second-order valence-corrected chi connectivity index (χ2v) is 25.3. The van der Waals surface area contributed by atoms with Crippen molar-refractivity contribution in [3.63, 3.8) is 0 Å². The lowest BCUT2D eigenvalue weighted by molar-refractivity contribution is 0.331. The Bertz CT molecular complexity index is 4030. The standard InChI is InChI=1S/C63H54BN2S2/c1-60(2,3)34-18-20-35(21-19-34)65-51-32-47-40(41-27-48-49(31-46(41)63(47,8)9)62(6,7)25-24-61(48,4)5)26-42(51)38-22-23-39-43-30-56-44(36-14-10-12-16-54(36)67-56)28-52(43)66-53-29-45-37-15-11-13-17-55(37)68-57(45)33-50(53)64-58(38)59(39)66/h10-23,26-33,65H,24-25H2,1-9H3. The third-order valence-electron chi connectivity index (χ3n) is 16.6. The van der Waals surface area contributed by atoms with Crippen molar-refractivity contribution in [1.82, 2.24) is 4.57 Å². The summed E-state index contributed by atoms with van der Waals surface area (Å²) in [7, 11) is 2.52. The summed E-state index contributed by atoms with van der Waals surface area (Å²) in [6, 6.07) is 52.0. The van der Waals surface area contributed by atoms with Crippen LogP contribution in [0.3, 0.4) is 0 Å². The third kappa shape index (κ3) is 5.64. The zero-order valence-corrected chi connectivity index (χ0v) is 42.1. The van der Waals surface area contributed by atoms with Crippen LogP contribution in [0.25, 0.3) is 90.1 Å². The van der Waals surface area contributed by atoms with E-state index in [-0.39, 0.29) is 21.7 Å². The first-order valence-corrected chi connectivity index (χ1v) is 26.2. The largest absolute Gasteiger partial charge is 0.355 e. The lowest BCUT2D eigenvalue weighted by atomic mass is 9.59. The molecule has 3 aliphatic rings. The minimum absolute atomic E-state index is 0.0711. The molecule has 0 unspecified atom stereocenters. The van der Waals surface area contributed by atoms with Gasteiger partial charge in [-0.05, 0) is 146 Å². The van der Waals surface area contributed by atoms with Crippen LogP contribution in [-0.2, 0) is 21.7 Å². The fraction of sp³-hybridized carbons (Fsp3) is 0.238. The summed E-state index contributed by atoms with van der Waals surface area (Å²) in [5.74, 6) is 0. The van der Waals surface area contributed by atoms with Crippen molar-refractivity contribution >= 4 is 114 Å². The van der Waals surface area contributed by atoms with Crippen molar-refractivity contribution in [2.24, 2.45) is 0 Å². The molecule has 8 aromatic carbocycles. The number of benzene rings is 8. The first kappa shape index (κ1) is 40.9. The molecule has 3 aromatic heterocycles. The van der Waals surface area contributed by atoms with Crippen LogP contribution in [0.2, 0.25) is 0 Å². The molecule has 2 aliphatic carbocycles. The molecule has 0 fully saturated rings. The van der Waals surface area contributed by atoms with Crippen molar-refractivity contribution < 1.29 is 0 Å². The van der Waals surface area contributed by atoms with E-state index < -0.39 is 0 Å². The Balaban J connectivity index is 1.06. The van der Waals surface area contributed by atoms with E-state index in [1.54, 1.807) is 0 Å². The number of anilines is 2. The van der Waals surface area contributed by atoms with Crippen LogP contribution >= 0.6 is 22.7 Å². The van der Waals surface area contributed by atoms with Crippen LogP contribution < -0.4 is 16.2 Å². The van der Waals surface area contributed by atoms with Crippen molar-refractivity contribution in [2.75, 3.05) is 5.32 Å². The maximum atomic E-state index is 4.06. The molecular formula is C63H54BN2S2. The monoisotopic (exact) mass is 913 g/mol. The lowest BCUT2D eigenvalue weighted by Crippen LogP contribution is -2.37. The molecule has 0 bridgehead atoms. The Morgan fingerprint density at radius 3 is 1.82 bits per heavy atom.